The molecule has 0 saturated carbocycles. The summed E-state index contributed by atoms with van der Waals surface area (Å²) in [5.74, 6) is -5.08. The summed E-state index contributed by atoms with van der Waals surface area (Å²) < 4.78 is 48.0. The summed E-state index contributed by atoms with van der Waals surface area (Å²) in [4.78, 5) is 98.1. The molecular formula is C52H71N5O15. The van der Waals surface area contributed by atoms with Gasteiger partial charge in [-0.3, -0.25) is 28.8 Å². The van der Waals surface area contributed by atoms with Gasteiger partial charge in [0.1, 0.15) is 38.5 Å². The second kappa shape index (κ2) is 24.8. The standard InChI is InChI=1S/C52H71N5O15/c1-14-25-65-38(58)27-54-42(59)36(56-48(64)67-28-35-33-21-17-15-19-31(33)32-20-16-18-22-34(32)35)26-30(23-24-55-57-53)68-43-41(72-47(63)52(11,12)13)40(71-46(62)51(8,9)10)39(70-45(61)50(5,6)7)37(69-43)29-66-44(60)49(2,3)4/h14-22,30,35-37,39-41,43H,1,23-29H2,2-13H3,(H,54,59)(H,56,64)/t30-,36+,37-,39+,40+,41-,43-/m1/s1. The zero-order valence-corrected chi connectivity index (χ0v) is 43.4. The number of amides is 2. The van der Waals surface area contributed by atoms with Crippen molar-refractivity contribution < 1.29 is 71.5 Å². The molecule has 2 N–H and O–H groups in total. The van der Waals surface area contributed by atoms with E-state index in [1.54, 1.807) is 83.1 Å². The maximum absolute atomic E-state index is 14.1. The second-order valence-electron chi connectivity index (χ2n) is 21.7. The molecule has 2 amide bonds. The molecule has 20 heteroatoms. The number of benzene rings is 2. The van der Waals surface area contributed by atoms with Crippen molar-refractivity contribution >= 4 is 41.8 Å². The van der Waals surface area contributed by atoms with Crippen molar-refractivity contribution in [3.63, 3.8) is 0 Å². The minimum Gasteiger partial charge on any atom is -0.462 e. The fourth-order valence-corrected chi connectivity index (χ4v) is 7.24. The number of hydrogen-bond acceptors (Lipinski definition) is 16. The van der Waals surface area contributed by atoms with Crippen molar-refractivity contribution in [1.29, 1.82) is 0 Å². The molecule has 2 aliphatic rings. The molecule has 2 aromatic rings. The topological polar surface area (TPSA) is 266 Å². The summed E-state index contributed by atoms with van der Waals surface area (Å²) in [5, 5.41) is 8.71. The molecule has 20 nitrogen and oxygen atoms in total. The quantitative estimate of drug-likeness (QED) is 0.0327. The number of nitrogens with zero attached hydrogens (tertiary/aromatic N) is 3. The molecule has 1 fully saturated rings. The molecule has 0 bridgehead atoms. The van der Waals surface area contributed by atoms with Crippen LogP contribution >= 0.6 is 0 Å². The van der Waals surface area contributed by atoms with Crippen molar-refractivity contribution in [2.45, 2.75) is 145 Å². The van der Waals surface area contributed by atoms with E-state index in [4.69, 9.17) is 37.9 Å². The van der Waals surface area contributed by atoms with Crippen LogP contribution < -0.4 is 10.6 Å². The summed E-state index contributed by atoms with van der Waals surface area (Å²) in [7, 11) is 0. The average Bonchev–Trinajstić information content (AvgIpc) is 3.61. The van der Waals surface area contributed by atoms with Crippen LogP contribution in [0.4, 0.5) is 4.79 Å². The summed E-state index contributed by atoms with van der Waals surface area (Å²) in [6.45, 7) is 20.9. The smallest absolute Gasteiger partial charge is 0.407 e. The van der Waals surface area contributed by atoms with E-state index in [2.05, 4.69) is 27.2 Å². The summed E-state index contributed by atoms with van der Waals surface area (Å²) in [6, 6.07) is 13.9. The van der Waals surface area contributed by atoms with Gasteiger partial charge in [0.2, 0.25) is 5.91 Å². The Morgan fingerprint density at radius 1 is 0.708 bits per heavy atom. The van der Waals surface area contributed by atoms with Crippen molar-refractivity contribution in [2.75, 3.05) is 32.9 Å². The minimum atomic E-state index is -1.76. The first-order valence-electron chi connectivity index (χ1n) is 23.8. The van der Waals surface area contributed by atoms with Crippen LogP contribution in [0.3, 0.4) is 0 Å². The van der Waals surface area contributed by atoms with Crippen LogP contribution in [0.25, 0.3) is 21.6 Å². The number of esters is 5. The number of ether oxygens (including phenoxy) is 8. The summed E-state index contributed by atoms with van der Waals surface area (Å²) in [5.41, 5.74) is 8.70. The Hall–Kier alpha value is -6.50. The van der Waals surface area contributed by atoms with E-state index in [0.717, 1.165) is 22.3 Å². The summed E-state index contributed by atoms with van der Waals surface area (Å²) >= 11 is 0. The third kappa shape index (κ3) is 16.3. The van der Waals surface area contributed by atoms with Gasteiger partial charge in [-0.25, -0.2) is 4.79 Å². The van der Waals surface area contributed by atoms with Crippen molar-refractivity contribution in [1.82, 2.24) is 10.6 Å². The largest absolute Gasteiger partial charge is 0.462 e. The predicted molar refractivity (Wildman–Crippen MR) is 261 cm³/mol. The number of nitrogens with one attached hydrogen (secondary N) is 2. The second-order valence-corrected chi connectivity index (χ2v) is 21.7. The molecule has 7 atom stereocenters. The number of carbonyl (C=O) groups is 7. The Morgan fingerprint density at radius 3 is 1.74 bits per heavy atom. The number of carbonyl (C=O) groups excluding carboxylic acids is 7. The molecule has 2 aromatic carbocycles. The molecule has 0 unspecified atom stereocenters. The van der Waals surface area contributed by atoms with Gasteiger partial charge in [-0.15, -0.1) is 0 Å². The fourth-order valence-electron chi connectivity index (χ4n) is 7.24. The Labute approximate surface area is 421 Å². The Morgan fingerprint density at radius 2 is 1.22 bits per heavy atom. The van der Waals surface area contributed by atoms with Gasteiger partial charge in [-0.2, -0.15) is 0 Å². The lowest BCUT2D eigenvalue weighted by Gasteiger charge is -2.46. The molecule has 0 radical (unpaired) electrons. The van der Waals surface area contributed by atoms with E-state index >= 15 is 0 Å². The molecule has 72 heavy (non-hydrogen) atoms. The highest BCUT2D eigenvalue weighted by molar-refractivity contribution is 5.88. The van der Waals surface area contributed by atoms with Crippen LogP contribution in [-0.2, 0) is 66.7 Å². The Balaban J connectivity index is 1.80. The number of fused-ring (bicyclic) bond motifs is 3. The molecule has 1 aliphatic carbocycles. The first-order valence-corrected chi connectivity index (χ1v) is 23.8. The maximum Gasteiger partial charge on any atom is 0.407 e. The highest BCUT2D eigenvalue weighted by atomic mass is 16.7. The number of azide groups is 1. The molecule has 394 valence electrons. The SMILES string of the molecule is C=CCOC(=O)CNC(=O)[C@H](C[C@@H](CCN=[N+]=[N-])O[C@@H]1O[C@H](COC(=O)C(C)(C)C)[C@H](OC(=O)C(C)(C)C)[C@H](OC(=O)C(C)(C)C)[C@H]1OC(=O)C(C)(C)C)NC(=O)OCC1c2ccccc2-c2ccccc21. The van der Waals surface area contributed by atoms with Crippen LogP contribution in [0.5, 0.6) is 0 Å². The van der Waals surface area contributed by atoms with Crippen LogP contribution in [0, 0.1) is 21.7 Å². The molecule has 0 aromatic heterocycles. The maximum atomic E-state index is 14.1. The third-order valence-electron chi connectivity index (χ3n) is 11.3. The molecule has 4 rings (SSSR count). The number of hydrogen-bond donors (Lipinski definition) is 2. The zero-order chi connectivity index (χ0) is 53.8. The monoisotopic (exact) mass is 1010 g/mol. The van der Waals surface area contributed by atoms with Gasteiger partial charge in [-0.1, -0.05) is 66.3 Å². The number of rotatable bonds is 20. The van der Waals surface area contributed by atoms with E-state index in [9.17, 15) is 39.1 Å². The minimum absolute atomic E-state index is 0.119. The van der Waals surface area contributed by atoms with Crippen LogP contribution in [-0.4, -0.2) is 118 Å². The van der Waals surface area contributed by atoms with Gasteiger partial charge >= 0.3 is 35.9 Å². The first-order chi connectivity index (χ1) is 33.6. The highest BCUT2D eigenvalue weighted by Gasteiger charge is 2.56. The average molecular weight is 1010 g/mol. The zero-order valence-electron chi connectivity index (χ0n) is 43.4. The van der Waals surface area contributed by atoms with Gasteiger partial charge in [0.25, 0.3) is 0 Å². The Bertz CT molecular complexity index is 2290. The number of alkyl carbamates (subject to hydrolysis) is 1. The van der Waals surface area contributed by atoms with Crippen LogP contribution in [0.2, 0.25) is 0 Å². The lowest BCUT2D eigenvalue weighted by Crippen LogP contribution is -2.64. The Kier molecular flexibility index (Phi) is 20.0. The van der Waals surface area contributed by atoms with E-state index in [1.807, 2.05) is 48.5 Å². The molecule has 1 aliphatic heterocycles. The molecule has 1 heterocycles. The predicted octanol–water partition coefficient (Wildman–Crippen LogP) is 7.40. The van der Waals surface area contributed by atoms with E-state index in [1.165, 1.54) is 6.08 Å². The lowest BCUT2D eigenvalue weighted by atomic mass is 9.93. The van der Waals surface area contributed by atoms with E-state index < -0.39 is 126 Å². The first kappa shape index (κ1) is 58.1. The highest BCUT2D eigenvalue weighted by Crippen LogP contribution is 2.44. The van der Waals surface area contributed by atoms with Gasteiger partial charge in [0, 0.05) is 23.8 Å². The van der Waals surface area contributed by atoms with Crippen LogP contribution in [0.1, 0.15) is 113 Å². The van der Waals surface area contributed by atoms with E-state index in [-0.39, 0.29) is 32.1 Å². The van der Waals surface area contributed by atoms with Crippen molar-refractivity contribution in [2.24, 2.45) is 26.8 Å². The summed E-state index contributed by atoms with van der Waals surface area (Å²) in [6.07, 6.45) is -9.72. The van der Waals surface area contributed by atoms with Gasteiger partial charge in [-0.05, 0) is 117 Å². The van der Waals surface area contributed by atoms with Gasteiger partial charge in [0.15, 0.2) is 24.6 Å². The van der Waals surface area contributed by atoms with Crippen molar-refractivity contribution in [3.05, 3.63) is 82.8 Å². The molecular weight excluding hydrogens is 935 g/mol. The molecule has 0 spiro atoms. The van der Waals surface area contributed by atoms with Gasteiger partial charge in [0.05, 0.1) is 27.8 Å². The normalized spacial score (nSPS) is 19.6. The molecule has 1 saturated heterocycles. The lowest BCUT2D eigenvalue weighted by molar-refractivity contribution is -0.321. The van der Waals surface area contributed by atoms with Crippen molar-refractivity contribution in [3.8, 4) is 11.1 Å². The van der Waals surface area contributed by atoms with E-state index in [0.29, 0.717) is 0 Å². The van der Waals surface area contributed by atoms with Crippen LogP contribution in [0.15, 0.2) is 66.3 Å². The fraction of sp³-hybridized carbons (Fsp3) is 0.596. The van der Waals surface area contributed by atoms with Gasteiger partial charge < -0.3 is 48.5 Å². The third-order valence-corrected chi connectivity index (χ3v) is 11.3.